The van der Waals surface area contributed by atoms with Crippen LogP contribution in [0.15, 0.2) is 80.8 Å². The molecular formula is C23H17BrClN3O4. The van der Waals surface area contributed by atoms with E-state index < -0.39 is 17.2 Å². The van der Waals surface area contributed by atoms with Crippen LogP contribution in [0.5, 0.6) is 5.75 Å². The van der Waals surface area contributed by atoms with Crippen LogP contribution >= 0.6 is 27.5 Å². The Kier molecular flexibility index (Phi) is 6.16. The van der Waals surface area contributed by atoms with Crippen LogP contribution in [-0.4, -0.2) is 22.2 Å². The molecule has 0 spiro atoms. The number of hydrogen-bond acceptors (Lipinski definition) is 4. The van der Waals surface area contributed by atoms with E-state index in [4.69, 9.17) is 16.3 Å². The van der Waals surface area contributed by atoms with Crippen molar-refractivity contribution in [1.29, 1.82) is 0 Å². The molecule has 0 aliphatic heterocycles. The summed E-state index contributed by atoms with van der Waals surface area (Å²) in [5.41, 5.74) is 0.160. The van der Waals surface area contributed by atoms with E-state index in [1.54, 1.807) is 73.8 Å². The lowest BCUT2D eigenvalue weighted by Gasteiger charge is -2.15. The number of benzene rings is 3. The van der Waals surface area contributed by atoms with E-state index in [-0.39, 0.29) is 6.54 Å². The molecule has 0 saturated heterocycles. The lowest BCUT2D eigenvalue weighted by Crippen LogP contribution is -2.40. The highest BCUT2D eigenvalue weighted by molar-refractivity contribution is 9.10. The van der Waals surface area contributed by atoms with Gasteiger partial charge < -0.3 is 10.1 Å². The van der Waals surface area contributed by atoms with Crippen molar-refractivity contribution in [2.75, 3.05) is 12.4 Å². The number of rotatable bonds is 5. The van der Waals surface area contributed by atoms with Gasteiger partial charge in [0.15, 0.2) is 0 Å². The topological polar surface area (TPSA) is 82.3 Å². The van der Waals surface area contributed by atoms with Crippen LogP contribution in [-0.2, 0) is 11.3 Å². The second-order valence-electron chi connectivity index (χ2n) is 6.92. The average Bonchev–Trinajstić information content (AvgIpc) is 2.78. The first kappa shape index (κ1) is 21.9. The number of anilines is 1. The molecule has 0 fully saturated rings. The molecule has 0 saturated carbocycles. The minimum absolute atomic E-state index is 0.281. The molecule has 1 heterocycles. The summed E-state index contributed by atoms with van der Waals surface area (Å²) in [4.78, 5) is 39.3. The van der Waals surface area contributed by atoms with Crippen molar-refractivity contribution in [2.24, 2.45) is 0 Å². The van der Waals surface area contributed by atoms with Crippen molar-refractivity contribution in [2.45, 2.75) is 6.54 Å². The van der Waals surface area contributed by atoms with Gasteiger partial charge in [0.05, 0.1) is 23.7 Å². The van der Waals surface area contributed by atoms with Gasteiger partial charge in [-0.15, -0.1) is 0 Å². The number of hydrogen-bond donors (Lipinski definition) is 1. The fourth-order valence-corrected chi connectivity index (χ4v) is 3.82. The highest BCUT2D eigenvalue weighted by Crippen LogP contribution is 2.19. The molecule has 0 unspecified atom stereocenters. The Labute approximate surface area is 196 Å². The van der Waals surface area contributed by atoms with E-state index in [9.17, 15) is 14.4 Å². The Morgan fingerprint density at radius 3 is 2.38 bits per heavy atom. The van der Waals surface area contributed by atoms with Crippen molar-refractivity contribution in [3.05, 3.63) is 97.1 Å². The van der Waals surface area contributed by atoms with Gasteiger partial charge in [0.2, 0.25) is 5.91 Å². The summed E-state index contributed by atoms with van der Waals surface area (Å²) in [5.74, 6) is 0.244. The molecule has 4 aromatic rings. The molecule has 0 aliphatic rings. The zero-order chi connectivity index (χ0) is 22.8. The number of fused-ring (bicyclic) bond motifs is 1. The van der Waals surface area contributed by atoms with Crippen LogP contribution in [0, 0.1) is 0 Å². The normalized spacial score (nSPS) is 10.8. The molecule has 1 N–H and O–H groups in total. The monoisotopic (exact) mass is 513 g/mol. The lowest BCUT2D eigenvalue weighted by atomic mass is 10.2. The molecule has 0 bridgehead atoms. The number of carbonyl (C=O) groups excluding carboxylic acids is 1. The summed E-state index contributed by atoms with van der Waals surface area (Å²) in [7, 11) is 1.55. The molecule has 1 aromatic heterocycles. The van der Waals surface area contributed by atoms with E-state index >= 15 is 0 Å². The van der Waals surface area contributed by atoms with E-state index in [0.29, 0.717) is 37.5 Å². The minimum atomic E-state index is -0.628. The molecule has 3 aromatic carbocycles. The van der Waals surface area contributed by atoms with Gasteiger partial charge in [0, 0.05) is 15.2 Å². The van der Waals surface area contributed by atoms with Crippen molar-refractivity contribution in [3.63, 3.8) is 0 Å². The zero-order valence-corrected chi connectivity index (χ0v) is 19.2. The number of nitrogens with zero attached hydrogens (tertiary/aromatic N) is 2. The largest absolute Gasteiger partial charge is 0.497 e. The van der Waals surface area contributed by atoms with Crippen LogP contribution in [0.25, 0.3) is 16.6 Å². The van der Waals surface area contributed by atoms with Crippen LogP contribution in [0.3, 0.4) is 0 Å². The second-order valence-corrected chi connectivity index (χ2v) is 8.28. The van der Waals surface area contributed by atoms with Gasteiger partial charge >= 0.3 is 5.69 Å². The third-order valence-corrected chi connectivity index (χ3v) is 5.61. The molecule has 0 aliphatic carbocycles. The summed E-state index contributed by atoms with van der Waals surface area (Å²) >= 11 is 9.32. The van der Waals surface area contributed by atoms with E-state index in [0.717, 1.165) is 4.57 Å². The summed E-state index contributed by atoms with van der Waals surface area (Å²) in [6, 6.07) is 18.1. The maximum Gasteiger partial charge on any atom is 0.336 e. The Balaban J connectivity index is 1.80. The Bertz CT molecular complexity index is 1430. The highest BCUT2D eigenvalue weighted by atomic mass is 79.9. The predicted molar refractivity (Wildman–Crippen MR) is 128 cm³/mol. The van der Waals surface area contributed by atoms with Crippen LogP contribution in [0.4, 0.5) is 5.69 Å². The minimum Gasteiger partial charge on any atom is -0.497 e. The Morgan fingerprint density at radius 1 is 1.03 bits per heavy atom. The predicted octanol–water partition coefficient (Wildman–Crippen LogP) is 4.22. The van der Waals surface area contributed by atoms with Crippen molar-refractivity contribution < 1.29 is 9.53 Å². The maximum absolute atomic E-state index is 13.3. The Morgan fingerprint density at radius 2 is 1.72 bits per heavy atom. The second kappa shape index (κ2) is 9.02. The highest BCUT2D eigenvalue weighted by Gasteiger charge is 2.17. The van der Waals surface area contributed by atoms with Crippen LogP contribution in [0.1, 0.15) is 0 Å². The van der Waals surface area contributed by atoms with Crippen molar-refractivity contribution in [1.82, 2.24) is 9.13 Å². The van der Waals surface area contributed by atoms with E-state index in [1.807, 2.05) is 0 Å². The summed E-state index contributed by atoms with van der Waals surface area (Å²) < 4.78 is 8.10. The fourth-order valence-electron chi connectivity index (χ4n) is 3.34. The first-order chi connectivity index (χ1) is 15.4. The Hall–Kier alpha value is -3.36. The third kappa shape index (κ3) is 4.32. The molecule has 0 radical (unpaired) electrons. The van der Waals surface area contributed by atoms with Gasteiger partial charge in [-0.05, 0) is 66.7 Å². The molecule has 9 heteroatoms. The van der Waals surface area contributed by atoms with Gasteiger partial charge in [-0.25, -0.2) is 9.36 Å². The van der Waals surface area contributed by atoms with Gasteiger partial charge in [-0.1, -0.05) is 27.5 Å². The molecule has 0 atom stereocenters. The molecule has 162 valence electrons. The average molecular weight is 515 g/mol. The lowest BCUT2D eigenvalue weighted by molar-refractivity contribution is -0.116. The summed E-state index contributed by atoms with van der Waals surface area (Å²) in [6.07, 6.45) is 0. The maximum atomic E-state index is 13.3. The quantitative estimate of drug-likeness (QED) is 0.432. The summed E-state index contributed by atoms with van der Waals surface area (Å²) in [5, 5.41) is 3.53. The zero-order valence-electron chi connectivity index (χ0n) is 16.8. The number of amides is 1. The molecule has 1 amide bonds. The van der Waals surface area contributed by atoms with Gasteiger partial charge in [-0.3, -0.25) is 14.2 Å². The first-order valence-corrected chi connectivity index (χ1v) is 10.7. The number of ether oxygens (including phenoxy) is 1. The first-order valence-electron chi connectivity index (χ1n) is 9.52. The van der Waals surface area contributed by atoms with Gasteiger partial charge in [-0.2, -0.15) is 0 Å². The number of aromatic nitrogens is 2. The number of methoxy groups -OCH3 is 1. The van der Waals surface area contributed by atoms with Crippen molar-refractivity contribution >= 4 is 50.0 Å². The van der Waals surface area contributed by atoms with E-state index in [2.05, 4.69) is 21.2 Å². The third-order valence-electron chi connectivity index (χ3n) is 4.87. The SMILES string of the molecule is COc1ccc(NC(=O)Cn2c(=O)n(-c3ccc(Cl)cc3)c(=O)c3cc(Br)ccc32)cc1. The summed E-state index contributed by atoms with van der Waals surface area (Å²) in [6.45, 7) is -0.281. The van der Waals surface area contributed by atoms with E-state index in [1.165, 1.54) is 4.57 Å². The molecule has 32 heavy (non-hydrogen) atoms. The molecular weight excluding hydrogens is 498 g/mol. The van der Waals surface area contributed by atoms with Crippen molar-refractivity contribution in [3.8, 4) is 11.4 Å². The molecule has 4 rings (SSSR count). The molecule has 7 nitrogen and oxygen atoms in total. The smallest absolute Gasteiger partial charge is 0.336 e. The number of nitrogens with one attached hydrogen (secondary N) is 1. The fraction of sp³-hybridized carbons (Fsp3) is 0.0870. The van der Waals surface area contributed by atoms with Gasteiger partial charge in [0.1, 0.15) is 12.3 Å². The van der Waals surface area contributed by atoms with Crippen LogP contribution < -0.4 is 21.3 Å². The standard InChI is InChI=1S/C23H17BrClN3O4/c1-32-18-9-5-16(6-10-18)26-21(29)13-27-20-11-2-14(24)12-19(20)22(30)28(23(27)31)17-7-3-15(25)4-8-17/h2-12H,13H2,1H3,(H,26,29). The van der Waals surface area contributed by atoms with Crippen LogP contribution in [0.2, 0.25) is 5.02 Å². The number of carbonyl (C=O) groups is 1. The number of halogens is 2. The van der Waals surface area contributed by atoms with Gasteiger partial charge in [0.25, 0.3) is 5.56 Å².